The monoisotopic (exact) mass is 482 g/mol. The van der Waals surface area contributed by atoms with Crippen LogP contribution in [0.2, 0.25) is 5.02 Å². The lowest BCUT2D eigenvalue weighted by Crippen LogP contribution is -2.26. The van der Waals surface area contributed by atoms with E-state index in [1.807, 2.05) is 0 Å². The van der Waals surface area contributed by atoms with Gasteiger partial charge >= 0.3 is 0 Å². The minimum atomic E-state index is -3.92. The van der Waals surface area contributed by atoms with Gasteiger partial charge in [0.2, 0.25) is 11.7 Å². The van der Waals surface area contributed by atoms with Crippen LogP contribution >= 0.6 is 11.6 Å². The number of benzene rings is 3. The summed E-state index contributed by atoms with van der Waals surface area (Å²) in [5, 5.41) is 7.11. The predicted octanol–water partition coefficient (Wildman–Crippen LogP) is 4.78. The maximum absolute atomic E-state index is 13.1. The van der Waals surface area contributed by atoms with Crippen molar-refractivity contribution < 1.29 is 17.7 Å². The van der Waals surface area contributed by atoms with Gasteiger partial charge in [0.15, 0.2) is 0 Å². The first kappa shape index (κ1) is 22.5. The van der Waals surface area contributed by atoms with Crippen molar-refractivity contribution in [2.45, 2.75) is 11.8 Å². The van der Waals surface area contributed by atoms with E-state index >= 15 is 0 Å². The van der Waals surface area contributed by atoms with Crippen LogP contribution in [0.15, 0.2) is 82.2 Å². The SMILES string of the molecule is Cc1nc(-c2ccccc2NC(=O)c2cccc(S(=O)(=O)N(C)c3cccc(Cl)c3)c2)no1. The van der Waals surface area contributed by atoms with E-state index in [1.165, 1.54) is 31.3 Å². The van der Waals surface area contributed by atoms with Gasteiger partial charge in [-0.3, -0.25) is 9.10 Å². The van der Waals surface area contributed by atoms with E-state index < -0.39 is 15.9 Å². The third-order valence-electron chi connectivity index (χ3n) is 4.87. The maximum atomic E-state index is 13.1. The lowest BCUT2D eigenvalue weighted by Gasteiger charge is -2.20. The lowest BCUT2D eigenvalue weighted by atomic mass is 10.1. The molecular formula is C23H19ClN4O4S. The molecule has 0 bridgehead atoms. The van der Waals surface area contributed by atoms with E-state index in [1.54, 1.807) is 55.5 Å². The molecule has 1 aromatic heterocycles. The topological polar surface area (TPSA) is 105 Å². The van der Waals surface area contributed by atoms with E-state index in [4.69, 9.17) is 16.1 Å². The average molecular weight is 483 g/mol. The highest BCUT2D eigenvalue weighted by atomic mass is 35.5. The number of sulfonamides is 1. The van der Waals surface area contributed by atoms with Crippen LogP contribution in [0.25, 0.3) is 11.4 Å². The van der Waals surface area contributed by atoms with Crippen LogP contribution in [-0.2, 0) is 10.0 Å². The number of aryl methyl sites for hydroxylation is 1. The second-order valence-electron chi connectivity index (χ2n) is 7.12. The highest BCUT2D eigenvalue weighted by Gasteiger charge is 2.23. The smallest absolute Gasteiger partial charge is 0.264 e. The fraction of sp³-hybridized carbons (Fsp3) is 0.0870. The number of anilines is 2. The van der Waals surface area contributed by atoms with Gasteiger partial charge in [-0.2, -0.15) is 4.98 Å². The van der Waals surface area contributed by atoms with Crippen molar-refractivity contribution >= 4 is 38.9 Å². The van der Waals surface area contributed by atoms with Crippen LogP contribution in [-0.4, -0.2) is 31.5 Å². The second kappa shape index (κ2) is 9.05. The van der Waals surface area contributed by atoms with Crippen LogP contribution < -0.4 is 9.62 Å². The number of para-hydroxylation sites is 1. The van der Waals surface area contributed by atoms with Gasteiger partial charge in [0, 0.05) is 30.1 Å². The minimum absolute atomic E-state index is 0.0281. The average Bonchev–Trinajstić information content (AvgIpc) is 3.25. The Balaban J connectivity index is 1.62. The molecule has 0 aliphatic rings. The Morgan fingerprint density at radius 1 is 1.03 bits per heavy atom. The summed E-state index contributed by atoms with van der Waals surface area (Å²) in [6, 6.07) is 19.3. The summed E-state index contributed by atoms with van der Waals surface area (Å²) in [5.41, 5.74) is 1.62. The molecule has 168 valence electrons. The molecule has 8 nitrogen and oxygen atoms in total. The van der Waals surface area contributed by atoms with Crippen molar-refractivity contribution in [2.24, 2.45) is 0 Å². The Labute approximate surface area is 195 Å². The van der Waals surface area contributed by atoms with Crippen LogP contribution in [0.4, 0.5) is 11.4 Å². The van der Waals surface area contributed by atoms with Gasteiger partial charge in [0.1, 0.15) is 0 Å². The number of carbonyl (C=O) groups is 1. The molecule has 0 spiro atoms. The molecule has 0 saturated heterocycles. The highest BCUT2D eigenvalue weighted by molar-refractivity contribution is 7.92. The van der Waals surface area contributed by atoms with Crippen molar-refractivity contribution in [3.05, 3.63) is 89.3 Å². The van der Waals surface area contributed by atoms with Crippen molar-refractivity contribution in [1.29, 1.82) is 0 Å². The summed E-state index contributed by atoms with van der Waals surface area (Å²) in [4.78, 5) is 17.1. The van der Waals surface area contributed by atoms with Gasteiger partial charge in [-0.05, 0) is 48.5 Å². The fourth-order valence-corrected chi connectivity index (χ4v) is 4.58. The molecule has 1 N–H and O–H groups in total. The lowest BCUT2D eigenvalue weighted by molar-refractivity contribution is 0.102. The third kappa shape index (κ3) is 4.74. The van der Waals surface area contributed by atoms with Crippen molar-refractivity contribution in [3.8, 4) is 11.4 Å². The van der Waals surface area contributed by atoms with Crippen LogP contribution in [0, 0.1) is 6.92 Å². The third-order valence-corrected chi connectivity index (χ3v) is 6.89. The molecule has 0 fully saturated rings. The van der Waals surface area contributed by atoms with Crippen LogP contribution in [0.3, 0.4) is 0 Å². The Kier molecular flexibility index (Phi) is 6.17. The number of nitrogens with one attached hydrogen (secondary N) is 1. The minimum Gasteiger partial charge on any atom is -0.339 e. The predicted molar refractivity (Wildman–Crippen MR) is 126 cm³/mol. The number of halogens is 1. The van der Waals surface area contributed by atoms with Crippen molar-refractivity contribution in [2.75, 3.05) is 16.7 Å². The highest BCUT2D eigenvalue weighted by Crippen LogP contribution is 2.27. The Morgan fingerprint density at radius 3 is 2.52 bits per heavy atom. The molecule has 0 unspecified atom stereocenters. The van der Waals surface area contributed by atoms with E-state index in [0.717, 1.165) is 4.31 Å². The molecule has 0 radical (unpaired) electrons. The molecular weight excluding hydrogens is 464 g/mol. The van der Waals surface area contributed by atoms with Crippen molar-refractivity contribution in [1.82, 2.24) is 10.1 Å². The van der Waals surface area contributed by atoms with Crippen molar-refractivity contribution in [3.63, 3.8) is 0 Å². The zero-order valence-corrected chi connectivity index (χ0v) is 19.3. The van der Waals surface area contributed by atoms with E-state index in [0.29, 0.717) is 33.7 Å². The Morgan fingerprint density at radius 2 is 1.79 bits per heavy atom. The van der Waals surface area contributed by atoms with Crippen LogP contribution in [0.1, 0.15) is 16.2 Å². The maximum Gasteiger partial charge on any atom is 0.264 e. The molecule has 4 rings (SSSR count). The van der Waals surface area contributed by atoms with Gasteiger partial charge in [0.05, 0.1) is 16.3 Å². The number of aromatic nitrogens is 2. The standard InChI is InChI=1S/C23H19ClN4O4S/c1-15-25-22(27-32-15)20-11-3-4-12-21(20)26-23(29)16-7-5-10-19(13-16)33(30,31)28(2)18-9-6-8-17(24)14-18/h3-14H,1-2H3,(H,26,29). The zero-order valence-electron chi connectivity index (χ0n) is 17.7. The largest absolute Gasteiger partial charge is 0.339 e. The molecule has 3 aromatic carbocycles. The normalized spacial score (nSPS) is 11.2. The number of rotatable bonds is 6. The summed E-state index contributed by atoms with van der Waals surface area (Å²) in [6.07, 6.45) is 0. The molecule has 0 aliphatic heterocycles. The molecule has 33 heavy (non-hydrogen) atoms. The first-order valence-electron chi connectivity index (χ1n) is 9.81. The second-order valence-corrected chi connectivity index (χ2v) is 9.52. The number of hydrogen-bond donors (Lipinski definition) is 1. The summed E-state index contributed by atoms with van der Waals surface area (Å²) >= 11 is 6.00. The molecule has 10 heteroatoms. The number of hydrogen-bond acceptors (Lipinski definition) is 6. The molecule has 0 aliphatic carbocycles. The molecule has 1 heterocycles. The Bertz CT molecular complexity index is 1440. The van der Waals surface area contributed by atoms with E-state index in [2.05, 4.69) is 15.5 Å². The number of amides is 1. The Hall–Kier alpha value is -3.69. The van der Waals surface area contributed by atoms with Gasteiger partial charge < -0.3 is 9.84 Å². The summed E-state index contributed by atoms with van der Waals surface area (Å²) in [5.74, 6) is 0.251. The van der Waals surface area contributed by atoms with Gasteiger partial charge in [-0.25, -0.2) is 8.42 Å². The zero-order chi connectivity index (χ0) is 23.6. The van der Waals surface area contributed by atoms with E-state index in [-0.39, 0.29) is 10.5 Å². The molecule has 0 atom stereocenters. The first-order valence-corrected chi connectivity index (χ1v) is 11.6. The van der Waals surface area contributed by atoms with E-state index in [9.17, 15) is 13.2 Å². The van der Waals surface area contributed by atoms with Gasteiger partial charge in [-0.15, -0.1) is 0 Å². The number of carbonyl (C=O) groups excluding carboxylic acids is 1. The first-order chi connectivity index (χ1) is 15.8. The molecule has 0 saturated carbocycles. The summed E-state index contributed by atoms with van der Waals surface area (Å²) in [7, 11) is -2.50. The van der Waals surface area contributed by atoms with Gasteiger partial charge in [-0.1, -0.05) is 41.0 Å². The quantitative estimate of drug-likeness (QED) is 0.424. The summed E-state index contributed by atoms with van der Waals surface area (Å²) in [6.45, 7) is 1.67. The fourth-order valence-electron chi connectivity index (χ4n) is 3.16. The summed E-state index contributed by atoms with van der Waals surface area (Å²) < 4.78 is 32.4. The number of nitrogens with zero attached hydrogens (tertiary/aromatic N) is 3. The van der Waals surface area contributed by atoms with Gasteiger partial charge in [0.25, 0.3) is 15.9 Å². The van der Waals surface area contributed by atoms with Crippen LogP contribution in [0.5, 0.6) is 0 Å². The molecule has 1 amide bonds. The molecule has 4 aromatic rings.